The zero-order valence-electron chi connectivity index (χ0n) is 66.2. The van der Waals surface area contributed by atoms with Gasteiger partial charge in [-0.2, -0.15) is 4.98 Å². The molecule has 10 unspecified atom stereocenters. The number of nitrogens with zero attached hydrogens (tertiary/aromatic N) is 3. The number of nitrogens with two attached hydrogens (primary N) is 1. The Bertz CT molecular complexity index is 5400. The fourth-order valence-electron chi connectivity index (χ4n) is 15.0. The molecule has 8 heterocycles. The molecule has 7 aliphatic rings. The van der Waals surface area contributed by atoms with Crippen molar-refractivity contribution in [1.82, 2.24) is 57.7 Å². The van der Waals surface area contributed by atoms with Gasteiger partial charge in [0, 0.05) is 52.0 Å². The number of thioether (sulfide) groups is 1. The molecule has 36 nitrogen and oxygen atoms in total. The Morgan fingerprint density at radius 1 is 0.683 bits per heavy atom. The van der Waals surface area contributed by atoms with Gasteiger partial charge in [0.05, 0.1) is 40.8 Å². The predicted molar refractivity (Wildman–Crippen MR) is 439 cm³/mol. The minimum atomic E-state index is -2.39. The molecule has 7 aromatic carbocycles. The van der Waals surface area contributed by atoms with Crippen LogP contribution < -0.4 is 62.5 Å². The fourth-order valence-corrected chi connectivity index (χ4v) is 16.4. The van der Waals surface area contributed by atoms with Crippen LogP contribution in [-0.2, 0) is 59.1 Å². The van der Waals surface area contributed by atoms with E-state index in [0.717, 1.165) is 95.2 Å². The Kier molecular flexibility index (Phi) is 27.2. The van der Waals surface area contributed by atoms with Crippen LogP contribution in [0.3, 0.4) is 0 Å². The van der Waals surface area contributed by atoms with Crippen molar-refractivity contribution in [2.75, 3.05) is 12.8 Å². The molecule has 650 valence electrons. The van der Waals surface area contributed by atoms with Gasteiger partial charge in [-0.1, -0.05) is 115 Å². The number of carboxylic acids is 1. The van der Waals surface area contributed by atoms with Gasteiger partial charge >= 0.3 is 5.97 Å². The van der Waals surface area contributed by atoms with Crippen LogP contribution in [0.4, 0.5) is 0 Å². The first-order valence-corrected chi connectivity index (χ1v) is 40.7. The molecular formula is C83H87Cl3N12O24S. The van der Waals surface area contributed by atoms with Crippen molar-refractivity contribution in [2.45, 2.75) is 175 Å². The van der Waals surface area contributed by atoms with E-state index < -0.39 is 236 Å². The number of rotatable bonds is 19. The maximum Gasteiger partial charge on any atom is 0.330 e. The van der Waals surface area contributed by atoms with Crippen molar-refractivity contribution in [3.8, 4) is 74.1 Å². The van der Waals surface area contributed by atoms with Gasteiger partial charge in [0.2, 0.25) is 64.4 Å². The lowest BCUT2D eigenvalue weighted by Crippen LogP contribution is -2.65. The molecule has 7 aliphatic heterocycles. The van der Waals surface area contributed by atoms with Crippen LogP contribution in [0.5, 0.6) is 51.9 Å². The van der Waals surface area contributed by atoms with Crippen LogP contribution >= 0.6 is 46.6 Å². The molecule has 1 aromatic heterocycles. The summed E-state index contributed by atoms with van der Waals surface area (Å²) in [7, 11) is 1.48. The second kappa shape index (κ2) is 37.4. The number of phenols is 3. The first kappa shape index (κ1) is 89.5. The second-order valence-electron chi connectivity index (χ2n) is 30.8. The number of aliphatic hydroxyl groups is 5. The lowest BCUT2D eigenvalue weighted by atomic mass is 9.84. The van der Waals surface area contributed by atoms with E-state index in [1.807, 2.05) is 50.2 Å². The molecule has 18 atom stereocenters. The summed E-state index contributed by atoms with van der Waals surface area (Å²) in [5.74, 6) is -17.0. The van der Waals surface area contributed by atoms with Gasteiger partial charge in [-0.05, 0) is 146 Å². The zero-order chi connectivity index (χ0) is 88.5. The third-order valence-electron chi connectivity index (χ3n) is 21.6. The van der Waals surface area contributed by atoms with Crippen LogP contribution in [0.15, 0.2) is 133 Å². The molecule has 0 spiro atoms. The molecule has 7 amide bonds. The molecule has 8 aromatic rings. The van der Waals surface area contributed by atoms with Gasteiger partial charge in [-0.25, -0.2) is 4.79 Å². The number of halogens is 3. The molecule has 0 radical (unpaired) electrons. The third-order valence-corrected chi connectivity index (χ3v) is 23.3. The monoisotopic (exact) mass is 1770 g/mol. The summed E-state index contributed by atoms with van der Waals surface area (Å²) in [5.41, 5.74) is 4.33. The van der Waals surface area contributed by atoms with Crippen molar-refractivity contribution in [1.29, 1.82) is 0 Å². The largest absolute Gasteiger partial charge is 0.508 e. The van der Waals surface area contributed by atoms with Crippen LogP contribution in [0, 0.1) is 12.8 Å². The highest BCUT2D eigenvalue weighted by atomic mass is 35.5. The Morgan fingerprint density at radius 2 is 1.30 bits per heavy atom. The highest BCUT2D eigenvalue weighted by molar-refractivity contribution is 7.99. The smallest absolute Gasteiger partial charge is 0.330 e. The van der Waals surface area contributed by atoms with E-state index in [2.05, 4.69) is 57.7 Å². The summed E-state index contributed by atoms with van der Waals surface area (Å²) in [5, 5.41) is 146. The number of ether oxygens (including phenoxy) is 6. The number of aliphatic hydroxyl groups excluding tert-OH is 5. The quantitative estimate of drug-likeness (QED) is 0.0459. The molecule has 20 N–H and O–H groups in total. The molecule has 2 fully saturated rings. The summed E-state index contributed by atoms with van der Waals surface area (Å²) >= 11 is 21.4. The van der Waals surface area contributed by atoms with Crippen LogP contribution in [0.2, 0.25) is 15.1 Å². The van der Waals surface area contributed by atoms with Gasteiger partial charge < -0.3 is 128 Å². The molecule has 123 heavy (non-hydrogen) atoms. The van der Waals surface area contributed by atoms with Crippen molar-refractivity contribution in [3.05, 3.63) is 182 Å². The number of aromatic hydroxyl groups is 4. The van der Waals surface area contributed by atoms with Crippen molar-refractivity contribution < 1.29 is 118 Å². The SMILES string of the molecule is CN[C@@H](CC(C)C)C(=O)N[C@H]1C(=O)N[C@@H](CC(N)=O)C(=O)N[C@H]2C(=O)NC3C(=O)N[C@H](C(=O)N[C@@H](C(=O)O)c4cc(O)cc(O)c4-c4cc3ccc4O)[C@H](O)c3ccc(c(Cl)c3)Oc3cc2cc(c3OC2OC(CSc3nnc(C)c(O)n3)C(O)C(O)C2OC2CC(C)(NCc3ccc(-c4ccc(Cl)cc4)cc3)C(O)C(C)O2)Oc2ccc(cc2Cl)[C@H]1O. The molecule has 0 saturated carbocycles. The number of aliphatic carboxylic acids is 1. The lowest BCUT2D eigenvalue weighted by molar-refractivity contribution is -0.330. The standard InChI is InChI=1S/C83H87Cl3N12O24S/c1-33(2)21-49(88-6)74(109)94-64-66(103)40-14-19-53(47(85)23-40)118-55-25-42-26-56(70(55)122-81-71(69(106)68(105)57(120-81)32-123-82-96-73(108)34(3)97-98-82)121-59-30-83(5,72(107)35(4)117-59)89-31-36-7-9-37(10-8-36)38-11-16-43(84)17-12-38)119-54-20-15-41(24-48(54)86)67(104)65-79(114)93-63(80(115)116)46-27-44(99)28-52(101)60(46)45-22-39(13-18-51(45)100)61(76(111)95-65)92-77(112)62(42)91-75(110)50(29-58(87)102)90-78(64)113/h7-20,22-28,33,35,49-50,57,59,61-69,71-72,81,88-89,99-101,103-107H,21,29-32H2,1-6H3,(H2,87,102)(H,90,113)(H,91,110)(H,92,112)(H,93,114)(H,94,109)(H,95,111)(H,115,116)(H,96,98,108)/t35?,49-,50-,57?,59?,61?,62+,63+,64+,65-,66+,67+,68?,69?,71?,72?,81?,83?/m0/s1. The Morgan fingerprint density at radius 3 is 1.92 bits per heavy atom. The summed E-state index contributed by atoms with van der Waals surface area (Å²) in [6.07, 6.45) is -18.7. The minimum absolute atomic E-state index is 0.0714. The van der Waals surface area contributed by atoms with E-state index >= 15 is 24.0 Å². The number of aromatic nitrogens is 3. The Hall–Kier alpha value is -11.3. The van der Waals surface area contributed by atoms with Gasteiger partial charge in [0.15, 0.2) is 29.9 Å². The van der Waals surface area contributed by atoms with Crippen LogP contribution in [-0.4, -0.2) is 205 Å². The number of amides is 7. The van der Waals surface area contributed by atoms with Crippen LogP contribution in [0.1, 0.15) is 116 Å². The summed E-state index contributed by atoms with van der Waals surface area (Å²) in [4.78, 5) is 123. The number of carbonyl (C=O) groups is 8. The molecule has 0 aliphatic carbocycles. The number of hydrogen-bond donors (Lipinski definition) is 19. The van der Waals surface area contributed by atoms with Gasteiger partial charge in [0.1, 0.15) is 89.1 Å². The van der Waals surface area contributed by atoms with Crippen LogP contribution in [0.25, 0.3) is 22.3 Å². The average molecular weight is 1780 g/mol. The number of phenolic OH excluding ortho intramolecular Hbond substituents is 3. The maximum absolute atomic E-state index is 16.4. The molecule has 40 heteroatoms. The van der Waals surface area contributed by atoms with E-state index in [1.165, 1.54) is 26.1 Å². The highest BCUT2D eigenvalue weighted by Crippen LogP contribution is 2.50. The molecule has 15 rings (SSSR count). The number of primary amides is 1. The fraction of sp³-hybridized carbons (Fsp3) is 0.361. The van der Waals surface area contributed by atoms with Crippen molar-refractivity contribution >= 4 is 93.9 Å². The molecule has 2 saturated heterocycles. The summed E-state index contributed by atoms with van der Waals surface area (Å²) in [6.45, 7) is 8.57. The molecular weight excluding hydrogens is 1690 g/mol. The first-order valence-electron chi connectivity index (χ1n) is 38.6. The Balaban J connectivity index is 1.00. The predicted octanol–water partition coefficient (Wildman–Crippen LogP) is 5.26. The van der Waals surface area contributed by atoms with Gasteiger partial charge in [-0.15, -0.1) is 10.2 Å². The first-order chi connectivity index (χ1) is 58.4. The third kappa shape index (κ3) is 19.9. The summed E-state index contributed by atoms with van der Waals surface area (Å²) in [6, 6.07) is 14.2. The Labute approximate surface area is 720 Å². The normalized spacial score (nSPS) is 26.2. The highest BCUT2D eigenvalue weighted by Gasteiger charge is 2.53. The number of carbonyl (C=O) groups excluding carboxylic acids is 7. The summed E-state index contributed by atoms with van der Waals surface area (Å²) < 4.78 is 40.5. The van der Waals surface area contributed by atoms with E-state index in [9.17, 15) is 65.4 Å². The second-order valence-corrected chi connectivity index (χ2v) is 33.1. The van der Waals surface area contributed by atoms with E-state index in [-0.39, 0.29) is 69.4 Å². The zero-order valence-corrected chi connectivity index (χ0v) is 69.3. The van der Waals surface area contributed by atoms with E-state index in [0.29, 0.717) is 5.02 Å². The number of carboxylic acid groups (broad SMARTS) is 1. The number of likely N-dealkylation sites (N-methyl/N-ethyl adjacent to an activating group) is 1. The molecule has 11 bridgehead atoms. The number of hydrogen-bond acceptors (Lipinski definition) is 29. The van der Waals surface area contributed by atoms with Gasteiger partial charge in [-0.3, -0.25) is 33.6 Å². The average Bonchev–Trinajstić information content (AvgIpc) is 0.765. The van der Waals surface area contributed by atoms with E-state index in [4.69, 9.17) is 69.0 Å². The lowest BCUT2D eigenvalue weighted by Gasteiger charge is -2.48. The van der Waals surface area contributed by atoms with Gasteiger partial charge in [0.25, 0.3) is 0 Å². The maximum atomic E-state index is 16.4. The number of benzene rings is 7. The van der Waals surface area contributed by atoms with Crippen molar-refractivity contribution in [3.63, 3.8) is 0 Å². The number of fused-ring (bicyclic) bond motifs is 15. The number of aryl methyl sites for hydroxylation is 1. The van der Waals surface area contributed by atoms with E-state index in [1.54, 1.807) is 26.0 Å². The minimum Gasteiger partial charge on any atom is -0.508 e. The number of nitrogens with one attached hydrogen (secondary N) is 8. The van der Waals surface area contributed by atoms with Crippen molar-refractivity contribution in [2.24, 2.45) is 11.7 Å². The topological polar surface area (TPSA) is 555 Å².